The lowest BCUT2D eigenvalue weighted by atomic mass is 9.95. The zero-order chi connectivity index (χ0) is 16.5. The second-order valence-electron chi connectivity index (χ2n) is 7.36. The van der Waals surface area contributed by atoms with Crippen molar-refractivity contribution < 1.29 is 4.39 Å². The number of aromatic amines is 1. The number of hydrogen-bond donors (Lipinski definition) is 1. The minimum absolute atomic E-state index is 0.234. The Hall–Kier alpha value is -1.75. The van der Waals surface area contributed by atoms with Crippen LogP contribution in [0.4, 0.5) is 4.39 Å². The third-order valence-electron chi connectivity index (χ3n) is 5.57. The second kappa shape index (κ2) is 6.63. The Morgan fingerprint density at radius 1 is 1.21 bits per heavy atom. The summed E-state index contributed by atoms with van der Waals surface area (Å²) in [6.07, 6.45) is 7.66. The molecule has 2 heterocycles. The van der Waals surface area contributed by atoms with Gasteiger partial charge < -0.3 is 9.88 Å². The van der Waals surface area contributed by atoms with Crippen molar-refractivity contribution in [2.45, 2.75) is 44.4 Å². The molecule has 24 heavy (non-hydrogen) atoms. The Balaban J connectivity index is 1.55. The zero-order valence-electron chi connectivity index (χ0n) is 13.9. The fourth-order valence-electron chi connectivity index (χ4n) is 4.32. The highest BCUT2D eigenvalue weighted by molar-refractivity contribution is 5.77. The molecular formula is C19H24FN3O. The minimum Gasteiger partial charge on any atom is -0.310 e. The molecule has 128 valence electrons. The summed E-state index contributed by atoms with van der Waals surface area (Å²) in [5, 5.41) is 0.331. The van der Waals surface area contributed by atoms with Crippen LogP contribution in [-0.4, -0.2) is 34.5 Å². The lowest BCUT2D eigenvalue weighted by Crippen LogP contribution is -2.38. The third-order valence-corrected chi connectivity index (χ3v) is 5.57. The molecular weight excluding hydrogens is 305 g/mol. The Morgan fingerprint density at radius 3 is 2.88 bits per heavy atom. The van der Waals surface area contributed by atoms with Crippen LogP contribution in [0.5, 0.6) is 0 Å². The predicted molar refractivity (Wildman–Crippen MR) is 92.7 cm³/mol. The maximum atomic E-state index is 13.3. The highest BCUT2D eigenvalue weighted by Crippen LogP contribution is 2.29. The molecule has 1 aliphatic carbocycles. The van der Waals surface area contributed by atoms with E-state index in [9.17, 15) is 9.18 Å². The van der Waals surface area contributed by atoms with Crippen molar-refractivity contribution in [2.75, 3.05) is 19.6 Å². The van der Waals surface area contributed by atoms with Crippen LogP contribution in [0, 0.1) is 11.7 Å². The number of rotatable bonds is 3. The molecule has 1 aromatic heterocycles. The average Bonchev–Trinajstić information content (AvgIpc) is 3.08. The van der Waals surface area contributed by atoms with Gasteiger partial charge >= 0.3 is 0 Å². The molecule has 5 heteroatoms. The van der Waals surface area contributed by atoms with E-state index in [1.165, 1.54) is 44.4 Å². The van der Waals surface area contributed by atoms with Crippen molar-refractivity contribution in [1.29, 1.82) is 0 Å². The molecule has 1 N–H and O–H groups in total. The molecule has 0 radical (unpaired) electrons. The van der Waals surface area contributed by atoms with Crippen molar-refractivity contribution >= 4 is 10.9 Å². The van der Waals surface area contributed by atoms with Crippen LogP contribution in [0.15, 0.2) is 23.0 Å². The summed E-state index contributed by atoms with van der Waals surface area (Å²) >= 11 is 0. The average molecular weight is 329 g/mol. The lowest BCUT2D eigenvalue weighted by Gasteiger charge is -2.33. The van der Waals surface area contributed by atoms with Gasteiger partial charge in [0.2, 0.25) is 0 Å². The van der Waals surface area contributed by atoms with Gasteiger partial charge in [-0.25, -0.2) is 9.37 Å². The minimum atomic E-state index is -0.400. The van der Waals surface area contributed by atoms with Gasteiger partial charge in [0.1, 0.15) is 11.6 Å². The third kappa shape index (κ3) is 3.22. The van der Waals surface area contributed by atoms with Gasteiger partial charge in [-0.3, -0.25) is 4.79 Å². The van der Waals surface area contributed by atoms with Gasteiger partial charge in [0, 0.05) is 19.0 Å². The first-order chi connectivity index (χ1) is 11.7. The van der Waals surface area contributed by atoms with Crippen LogP contribution < -0.4 is 5.56 Å². The van der Waals surface area contributed by atoms with Crippen molar-refractivity contribution in [2.24, 2.45) is 5.92 Å². The van der Waals surface area contributed by atoms with Gasteiger partial charge in [-0.05, 0) is 56.3 Å². The summed E-state index contributed by atoms with van der Waals surface area (Å²) in [6, 6.07) is 4.23. The number of nitrogens with one attached hydrogen (secondary N) is 1. The van der Waals surface area contributed by atoms with E-state index >= 15 is 0 Å². The molecule has 4 nitrogen and oxygen atoms in total. The van der Waals surface area contributed by atoms with Gasteiger partial charge in [-0.15, -0.1) is 0 Å². The number of halogens is 1. The van der Waals surface area contributed by atoms with Crippen LogP contribution in [0.3, 0.4) is 0 Å². The smallest absolute Gasteiger partial charge is 0.258 e. The van der Waals surface area contributed by atoms with Gasteiger partial charge in [0.15, 0.2) is 0 Å². The van der Waals surface area contributed by atoms with Gasteiger partial charge in [0.05, 0.1) is 10.9 Å². The Morgan fingerprint density at radius 2 is 2.04 bits per heavy atom. The molecule has 0 amide bonds. The molecule has 1 atom stereocenters. The summed E-state index contributed by atoms with van der Waals surface area (Å²) < 4.78 is 13.3. The maximum Gasteiger partial charge on any atom is 0.258 e. The normalized spacial score (nSPS) is 23.1. The molecule has 1 saturated heterocycles. The highest BCUT2D eigenvalue weighted by Gasteiger charge is 2.26. The van der Waals surface area contributed by atoms with Gasteiger partial charge in [-0.1, -0.05) is 12.8 Å². The number of nitrogens with zero attached hydrogens (tertiary/aromatic N) is 2. The summed E-state index contributed by atoms with van der Waals surface area (Å²) in [7, 11) is 0. The zero-order valence-corrected chi connectivity index (χ0v) is 13.9. The first-order valence-electron chi connectivity index (χ1n) is 9.11. The molecule has 1 saturated carbocycles. The number of fused-ring (bicyclic) bond motifs is 1. The summed E-state index contributed by atoms with van der Waals surface area (Å²) in [4.78, 5) is 22.3. The number of aromatic nitrogens is 2. The first kappa shape index (κ1) is 15.8. The number of H-pyrrole nitrogens is 1. The van der Waals surface area contributed by atoms with Gasteiger partial charge in [-0.2, -0.15) is 0 Å². The van der Waals surface area contributed by atoms with Crippen molar-refractivity contribution in [1.82, 2.24) is 14.9 Å². The molecule has 2 fully saturated rings. The van der Waals surface area contributed by atoms with Crippen LogP contribution in [0.25, 0.3) is 10.9 Å². The molecule has 0 bridgehead atoms. The van der Waals surface area contributed by atoms with Crippen LogP contribution >= 0.6 is 0 Å². The SMILES string of the molecule is O=c1[nH]c(C2CCCN(CC3CCCC3)C2)nc2ccc(F)cc12. The summed E-state index contributed by atoms with van der Waals surface area (Å²) in [5.41, 5.74) is 0.352. The van der Waals surface area contributed by atoms with E-state index in [-0.39, 0.29) is 11.5 Å². The largest absolute Gasteiger partial charge is 0.310 e. The predicted octanol–water partition coefficient (Wildman–Crippen LogP) is 3.43. The van der Waals surface area contributed by atoms with E-state index in [4.69, 9.17) is 0 Å². The summed E-state index contributed by atoms with van der Waals surface area (Å²) in [5.74, 6) is 1.47. The van der Waals surface area contributed by atoms with E-state index in [0.717, 1.165) is 37.7 Å². The molecule has 0 spiro atoms. The lowest BCUT2D eigenvalue weighted by molar-refractivity contribution is 0.177. The maximum absolute atomic E-state index is 13.3. The van der Waals surface area contributed by atoms with E-state index in [2.05, 4.69) is 14.9 Å². The van der Waals surface area contributed by atoms with Crippen molar-refractivity contribution in [3.8, 4) is 0 Å². The molecule has 2 aliphatic rings. The molecule has 4 rings (SSSR count). The quantitative estimate of drug-likeness (QED) is 0.938. The Kier molecular flexibility index (Phi) is 4.35. The van der Waals surface area contributed by atoms with Crippen LogP contribution in [0.2, 0.25) is 0 Å². The first-order valence-corrected chi connectivity index (χ1v) is 9.11. The fourth-order valence-corrected chi connectivity index (χ4v) is 4.32. The molecule has 1 aromatic carbocycles. The van der Waals surface area contributed by atoms with E-state index < -0.39 is 5.82 Å². The van der Waals surface area contributed by atoms with Crippen LogP contribution in [0.1, 0.15) is 50.3 Å². The number of piperidine rings is 1. The topological polar surface area (TPSA) is 49.0 Å². The molecule has 1 aliphatic heterocycles. The van der Waals surface area contributed by atoms with Crippen molar-refractivity contribution in [3.05, 3.63) is 40.2 Å². The van der Waals surface area contributed by atoms with Crippen LogP contribution in [-0.2, 0) is 0 Å². The number of likely N-dealkylation sites (tertiary alicyclic amines) is 1. The number of hydrogen-bond acceptors (Lipinski definition) is 3. The van der Waals surface area contributed by atoms with Crippen molar-refractivity contribution in [3.63, 3.8) is 0 Å². The summed E-state index contributed by atoms with van der Waals surface area (Å²) in [6.45, 7) is 3.29. The molecule has 2 aromatic rings. The highest BCUT2D eigenvalue weighted by atomic mass is 19.1. The van der Waals surface area contributed by atoms with E-state index in [0.29, 0.717) is 10.9 Å². The Labute approximate surface area is 141 Å². The number of benzene rings is 1. The monoisotopic (exact) mass is 329 g/mol. The Bertz CT molecular complexity index is 782. The van der Waals surface area contributed by atoms with E-state index in [1.54, 1.807) is 6.07 Å². The second-order valence-corrected chi connectivity index (χ2v) is 7.36. The molecule has 1 unspecified atom stereocenters. The standard InChI is InChI=1S/C19H24FN3O/c20-15-7-8-17-16(10-15)19(24)22-18(21-17)14-6-3-9-23(12-14)11-13-4-1-2-5-13/h7-8,10,13-14H,1-6,9,11-12H2,(H,21,22,24). The van der Waals surface area contributed by atoms with Gasteiger partial charge in [0.25, 0.3) is 5.56 Å². The van der Waals surface area contributed by atoms with E-state index in [1.807, 2.05) is 0 Å². The fraction of sp³-hybridized carbons (Fsp3) is 0.579.